The summed E-state index contributed by atoms with van der Waals surface area (Å²) in [5.41, 5.74) is 1.38. The largest absolute Gasteiger partial charge is 0.335 e. The Kier molecular flexibility index (Phi) is 4.23. The molecule has 1 aromatic heterocycles. The van der Waals surface area contributed by atoms with Crippen LogP contribution in [0.5, 0.6) is 0 Å². The predicted molar refractivity (Wildman–Crippen MR) is 97.0 cm³/mol. The summed E-state index contributed by atoms with van der Waals surface area (Å²) in [6, 6.07) is 10.1. The molecule has 0 unspecified atom stereocenters. The summed E-state index contributed by atoms with van der Waals surface area (Å²) in [4.78, 5) is 15.2. The Morgan fingerprint density at radius 1 is 1.35 bits per heavy atom. The van der Waals surface area contributed by atoms with Gasteiger partial charge in [-0.25, -0.2) is 0 Å². The molecule has 1 atom stereocenters. The Morgan fingerprint density at radius 3 is 2.77 bits per heavy atom. The second-order valence-electron chi connectivity index (χ2n) is 7.46. The van der Waals surface area contributed by atoms with E-state index in [1.807, 2.05) is 23.6 Å². The van der Waals surface area contributed by atoms with E-state index in [-0.39, 0.29) is 12.5 Å². The molecule has 2 fully saturated rings. The smallest absolute Gasteiger partial charge is 0.243 e. The first-order valence-corrected chi connectivity index (χ1v) is 9.30. The summed E-state index contributed by atoms with van der Waals surface area (Å²) in [5.74, 6) is 2.16. The van der Waals surface area contributed by atoms with Gasteiger partial charge < -0.3 is 9.47 Å². The number of hydrogen-bond donors (Lipinski definition) is 0. The van der Waals surface area contributed by atoms with Crippen LogP contribution < -0.4 is 0 Å². The topological polar surface area (TPSA) is 74.8 Å². The molecule has 26 heavy (non-hydrogen) atoms. The van der Waals surface area contributed by atoms with Crippen molar-refractivity contribution in [2.75, 3.05) is 0 Å². The van der Waals surface area contributed by atoms with Crippen LogP contribution in [-0.2, 0) is 11.3 Å². The van der Waals surface area contributed by atoms with Gasteiger partial charge >= 0.3 is 0 Å². The third-order valence-electron chi connectivity index (χ3n) is 5.45. The zero-order valence-electron chi connectivity index (χ0n) is 15.2. The molecule has 0 spiro atoms. The fourth-order valence-electron chi connectivity index (χ4n) is 3.65. The predicted octanol–water partition coefficient (Wildman–Crippen LogP) is 2.91. The van der Waals surface area contributed by atoms with Crippen LogP contribution in [0, 0.1) is 24.2 Å². The van der Waals surface area contributed by atoms with E-state index in [0.717, 1.165) is 18.4 Å². The quantitative estimate of drug-likeness (QED) is 0.803. The molecule has 1 aromatic carbocycles. The molecule has 2 aromatic rings. The molecule has 2 saturated carbocycles. The van der Waals surface area contributed by atoms with Gasteiger partial charge in [-0.2, -0.15) is 5.26 Å². The van der Waals surface area contributed by atoms with Gasteiger partial charge in [0.2, 0.25) is 5.91 Å². The highest BCUT2D eigenvalue weighted by Gasteiger charge is 2.41. The number of nitrogens with zero attached hydrogens (tertiary/aromatic N) is 5. The normalized spacial score (nSPS) is 17.6. The van der Waals surface area contributed by atoms with Crippen molar-refractivity contribution >= 4 is 5.91 Å². The van der Waals surface area contributed by atoms with Gasteiger partial charge in [-0.15, -0.1) is 10.2 Å². The van der Waals surface area contributed by atoms with Gasteiger partial charge in [0.25, 0.3) is 0 Å². The number of carbonyl (C=O) groups excluding carboxylic acids is 1. The number of rotatable bonds is 6. The number of aromatic nitrogens is 3. The minimum absolute atomic E-state index is 0.146. The van der Waals surface area contributed by atoms with Crippen molar-refractivity contribution in [3.63, 3.8) is 0 Å². The maximum absolute atomic E-state index is 13.1. The van der Waals surface area contributed by atoms with Crippen molar-refractivity contribution in [3.8, 4) is 17.5 Å². The summed E-state index contributed by atoms with van der Waals surface area (Å²) in [6.45, 7) is 4.30. The number of benzene rings is 1. The average Bonchev–Trinajstić information content (AvgIpc) is 3.55. The van der Waals surface area contributed by atoms with Crippen molar-refractivity contribution in [1.82, 2.24) is 19.7 Å². The first-order chi connectivity index (χ1) is 12.6. The minimum Gasteiger partial charge on any atom is -0.335 e. The molecule has 1 heterocycles. The number of nitriles is 1. The van der Waals surface area contributed by atoms with Crippen LogP contribution in [0.1, 0.15) is 44.0 Å². The van der Waals surface area contributed by atoms with Crippen LogP contribution in [0.2, 0.25) is 0 Å². The second kappa shape index (κ2) is 6.56. The van der Waals surface area contributed by atoms with E-state index in [1.165, 1.54) is 12.8 Å². The average molecular weight is 349 g/mol. The zero-order chi connectivity index (χ0) is 18.3. The fourth-order valence-corrected chi connectivity index (χ4v) is 3.65. The highest BCUT2D eigenvalue weighted by atomic mass is 16.2. The van der Waals surface area contributed by atoms with Crippen LogP contribution in [0.3, 0.4) is 0 Å². The molecule has 0 aliphatic heterocycles. The lowest BCUT2D eigenvalue weighted by atomic mass is 10.1. The van der Waals surface area contributed by atoms with Gasteiger partial charge in [0.15, 0.2) is 5.82 Å². The fraction of sp³-hybridized carbons (Fsp3) is 0.500. The molecule has 2 aliphatic rings. The standard InChI is InChI=1S/C20H23N5O/c1-13(16-6-7-16)25(18-8-9-18)19(26)12-24-14(2)22-23-20(24)17-5-3-4-15(10-17)11-21/h3-5,10,13,16,18H,6-9,12H2,1-2H3/t13-/m1/s1. The van der Waals surface area contributed by atoms with E-state index in [2.05, 4.69) is 28.1 Å². The first-order valence-electron chi connectivity index (χ1n) is 9.30. The highest BCUT2D eigenvalue weighted by molar-refractivity contribution is 5.78. The van der Waals surface area contributed by atoms with Crippen molar-refractivity contribution in [1.29, 1.82) is 5.26 Å². The van der Waals surface area contributed by atoms with Gasteiger partial charge in [0.05, 0.1) is 11.6 Å². The van der Waals surface area contributed by atoms with Crippen LogP contribution >= 0.6 is 0 Å². The maximum atomic E-state index is 13.1. The van der Waals surface area contributed by atoms with Gasteiger partial charge in [-0.1, -0.05) is 12.1 Å². The van der Waals surface area contributed by atoms with Crippen LogP contribution in [0.15, 0.2) is 24.3 Å². The molecule has 6 heteroatoms. The summed E-state index contributed by atoms with van der Waals surface area (Å²) >= 11 is 0. The lowest BCUT2D eigenvalue weighted by Crippen LogP contribution is -2.43. The maximum Gasteiger partial charge on any atom is 0.243 e. The van der Waals surface area contributed by atoms with Crippen molar-refractivity contribution < 1.29 is 4.79 Å². The third kappa shape index (κ3) is 3.22. The monoisotopic (exact) mass is 349 g/mol. The molecule has 6 nitrogen and oxygen atoms in total. The number of aryl methyl sites for hydroxylation is 1. The SMILES string of the molecule is Cc1nnc(-c2cccc(C#N)c2)n1CC(=O)N(C1CC1)[C@H](C)C1CC1. The van der Waals surface area contributed by atoms with Crippen LogP contribution in [0.25, 0.3) is 11.4 Å². The third-order valence-corrected chi connectivity index (χ3v) is 5.45. The molecule has 2 aliphatic carbocycles. The zero-order valence-corrected chi connectivity index (χ0v) is 15.2. The minimum atomic E-state index is 0.146. The van der Waals surface area contributed by atoms with Gasteiger partial charge in [0.1, 0.15) is 12.4 Å². The van der Waals surface area contributed by atoms with Crippen molar-refractivity contribution in [2.24, 2.45) is 5.92 Å². The Labute approximate surface area is 153 Å². The van der Waals surface area contributed by atoms with E-state index in [4.69, 9.17) is 5.26 Å². The molecular weight excluding hydrogens is 326 g/mol. The molecule has 0 radical (unpaired) electrons. The summed E-state index contributed by atoms with van der Waals surface area (Å²) in [5, 5.41) is 17.6. The van der Waals surface area contributed by atoms with Crippen molar-refractivity contribution in [2.45, 2.75) is 58.2 Å². The number of carbonyl (C=O) groups is 1. The lowest BCUT2D eigenvalue weighted by molar-refractivity contribution is -0.135. The van der Waals surface area contributed by atoms with E-state index in [1.54, 1.807) is 12.1 Å². The Bertz CT molecular complexity index is 873. The van der Waals surface area contributed by atoms with Gasteiger partial charge in [-0.3, -0.25) is 4.79 Å². The molecule has 0 saturated heterocycles. The Morgan fingerprint density at radius 2 is 2.12 bits per heavy atom. The summed E-state index contributed by atoms with van der Waals surface area (Å²) in [7, 11) is 0. The molecule has 0 N–H and O–H groups in total. The van der Waals surface area contributed by atoms with Gasteiger partial charge in [0, 0.05) is 17.6 Å². The molecular formula is C20H23N5O. The molecule has 4 rings (SSSR count). The van der Waals surface area contributed by atoms with E-state index >= 15 is 0 Å². The summed E-state index contributed by atoms with van der Waals surface area (Å²) < 4.78 is 1.87. The van der Waals surface area contributed by atoms with Crippen LogP contribution in [-0.4, -0.2) is 37.7 Å². The van der Waals surface area contributed by atoms with E-state index in [0.29, 0.717) is 35.2 Å². The molecule has 1 amide bonds. The Hall–Kier alpha value is -2.68. The highest BCUT2D eigenvalue weighted by Crippen LogP contribution is 2.40. The first kappa shape index (κ1) is 16.8. The van der Waals surface area contributed by atoms with Crippen LogP contribution in [0.4, 0.5) is 0 Å². The summed E-state index contributed by atoms with van der Waals surface area (Å²) in [6.07, 6.45) is 4.69. The number of amides is 1. The van der Waals surface area contributed by atoms with E-state index in [9.17, 15) is 4.79 Å². The van der Waals surface area contributed by atoms with E-state index < -0.39 is 0 Å². The van der Waals surface area contributed by atoms with Crippen molar-refractivity contribution in [3.05, 3.63) is 35.7 Å². The second-order valence-corrected chi connectivity index (χ2v) is 7.46. The molecule has 0 bridgehead atoms. The van der Waals surface area contributed by atoms with Gasteiger partial charge in [-0.05, 0) is 57.6 Å². The Balaban J connectivity index is 1.60. The number of hydrogen-bond acceptors (Lipinski definition) is 4. The lowest BCUT2D eigenvalue weighted by Gasteiger charge is -2.30. The molecule has 134 valence electrons.